The average molecular weight is 656 g/mol. The van der Waals surface area contributed by atoms with Crippen molar-refractivity contribution in [3.8, 4) is 5.69 Å². The predicted octanol–water partition coefficient (Wildman–Crippen LogP) is 6.61. The SMILES string of the molecule is CCC(=O)OCCC(C)C.Cc1cnc2n1-c1ccc(Br)cc1C(c1ccccn1)=NC2.O=S(=O)(O)c1ccccc1. The van der Waals surface area contributed by atoms with Gasteiger partial charge in [-0.05, 0) is 61.7 Å². The standard InChI is InChI=1S/C17H13BrN4.C8H16O2.C6H6O3S/c1-11-9-20-16-10-21-17(14-4-2-3-7-19-14)13-8-12(18)5-6-15(13)22(11)16;1-4-8(9)10-6-5-7(2)3;7-10(8,9)6-4-2-1-3-5-6/h2-9H,10H2,1H3;7H,4-6H2,1-3H3;1-5H,(H,7,8,9). The molecule has 3 heterocycles. The van der Waals surface area contributed by atoms with Crippen LogP contribution in [0.15, 0.2) is 93.5 Å². The second kappa shape index (κ2) is 15.5. The van der Waals surface area contributed by atoms with Gasteiger partial charge in [0.2, 0.25) is 0 Å². The Morgan fingerprint density at radius 1 is 1.07 bits per heavy atom. The molecule has 2 aromatic heterocycles. The van der Waals surface area contributed by atoms with Gasteiger partial charge in [0, 0.05) is 34.5 Å². The van der Waals surface area contributed by atoms with E-state index in [1.54, 1.807) is 31.3 Å². The molecule has 0 amide bonds. The Kier molecular flexibility index (Phi) is 12.1. The van der Waals surface area contributed by atoms with E-state index >= 15 is 0 Å². The van der Waals surface area contributed by atoms with Crippen molar-refractivity contribution in [2.75, 3.05) is 6.61 Å². The highest BCUT2D eigenvalue weighted by Gasteiger charge is 2.21. The van der Waals surface area contributed by atoms with E-state index in [2.05, 4.69) is 63.4 Å². The zero-order valence-corrected chi connectivity index (χ0v) is 26.5. The predicted molar refractivity (Wildman–Crippen MR) is 167 cm³/mol. The van der Waals surface area contributed by atoms with E-state index < -0.39 is 10.1 Å². The van der Waals surface area contributed by atoms with Gasteiger partial charge in [-0.1, -0.05) is 61.0 Å². The fraction of sp³-hybridized carbons (Fsp3) is 0.290. The van der Waals surface area contributed by atoms with Crippen molar-refractivity contribution in [1.29, 1.82) is 0 Å². The summed E-state index contributed by atoms with van der Waals surface area (Å²) in [7, 11) is -4.00. The summed E-state index contributed by atoms with van der Waals surface area (Å²) in [4.78, 5) is 24.2. The molecular formula is C31H35BrN4O5S. The number of esters is 1. The number of benzene rings is 2. The number of hydrogen-bond donors (Lipinski definition) is 1. The third-order valence-corrected chi connectivity index (χ3v) is 7.40. The number of halogens is 1. The summed E-state index contributed by atoms with van der Waals surface area (Å²) in [5.41, 5.74) is 5.05. The van der Waals surface area contributed by atoms with Crippen LogP contribution in [0.3, 0.4) is 0 Å². The fourth-order valence-electron chi connectivity index (χ4n) is 3.88. The monoisotopic (exact) mass is 654 g/mol. The van der Waals surface area contributed by atoms with Gasteiger partial charge in [0.1, 0.15) is 5.82 Å². The van der Waals surface area contributed by atoms with Crippen molar-refractivity contribution in [1.82, 2.24) is 14.5 Å². The lowest BCUT2D eigenvalue weighted by molar-refractivity contribution is -0.143. The highest BCUT2D eigenvalue weighted by molar-refractivity contribution is 9.10. The van der Waals surface area contributed by atoms with Gasteiger partial charge >= 0.3 is 5.97 Å². The summed E-state index contributed by atoms with van der Waals surface area (Å²) in [5, 5.41) is 0. The number of ether oxygens (including phenoxy) is 1. The van der Waals surface area contributed by atoms with Crippen molar-refractivity contribution in [3.05, 3.63) is 106 Å². The average Bonchev–Trinajstić information content (AvgIpc) is 3.25. The van der Waals surface area contributed by atoms with Crippen LogP contribution in [0.5, 0.6) is 0 Å². The molecule has 5 rings (SSSR count). The van der Waals surface area contributed by atoms with Crippen molar-refractivity contribution in [2.24, 2.45) is 10.9 Å². The molecule has 0 spiro atoms. The number of carbonyl (C=O) groups is 1. The Balaban J connectivity index is 0.000000203. The summed E-state index contributed by atoms with van der Waals surface area (Å²) < 4.78 is 37.3. The Hall–Kier alpha value is -3.67. The van der Waals surface area contributed by atoms with E-state index in [9.17, 15) is 13.2 Å². The van der Waals surface area contributed by atoms with Crippen LogP contribution in [0.2, 0.25) is 0 Å². The number of rotatable bonds is 6. The molecule has 0 bridgehead atoms. The summed E-state index contributed by atoms with van der Waals surface area (Å²) in [6, 6.07) is 19.5. The van der Waals surface area contributed by atoms with Crippen molar-refractivity contribution < 1.29 is 22.5 Å². The number of aryl methyl sites for hydroxylation is 1. The molecule has 1 aliphatic rings. The molecule has 0 unspecified atom stereocenters. The van der Waals surface area contributed by atoms with Gasteiger partial charge in [-0.2, -0.15) is 8.42 Å². The minimum atomic E-state index is -4.00. The molecule has 1 aliphatic heterocycles. The van der Waals surface area contributed by atoms with Crippen molar-refractivity contribution >= 4 is 37.7 Å². The lowest BCUT2D eigenvalue weighted by Crippen LogP contribution is -2.09. The van der Waals surface area contributed by atoms with Gasteiger partial charge in [0.25, 0.3) is 10.1 Å². The number of imidazole rings is 1. The number of nitrogens with zero attached hydrogens (tertiary/aromatic N) is 4. The first kappa shape index (κ1) is 32.8. The van der Waals surface area contributed by atoms with Crippen LogP contribution in [0.1, 0.15) is 56.4 Å². The largest absolute Gasteiger partial charge is 0.466 e. The summed E-state index contributed by atoms with van der Waals surface area (Å²) in [6.45, 7) is 9.21. The maximum atomic E-state index is 10.6. The highest BCUT2D eigenvalue weighted by Crippen LogP contribution is 2.28. The molecule has 42 heavy (non-hydrogen) atoms. The zero-order chi connectivity index (χ0) is 30.7. The van der Waals surface area contributed by atoms with Crippen LogP contribution >= 0.6 is 15.9 Å². The smallest absolute Gasteiger partial charge is 0.305 e. The Labute approximate surface area is 255 Å². The molecule has 11 heteroatoms. The van der Waals surface area contributed by atoms with E-state index in [0.717, 1.165) is 45.1 Å². The molecule has 4 aromatic rings. The summed E-state index contributed by atoms with van der Waals surface area (Å²) in [5.74, 6) is 1.47. The third-order valence-electron chi connectivity index (χ3n) is 6.04. The van der Waals surface area contributed by atoms with Crippen LogP contribution < -0.4 is 0 Å². The van der Waals surface area contributed by atoms with E-state index in [-0.39, 0.29) is 10.9 Å². The van der Waals surface area contributed by atoms with Crippen LogP contribution in [-0.2, 0) is 26.2 Å². The van der Waals surface area contributed by atoms with Gasteiger partial charge in [-0.15, -0.1) is 0 Å². The number of aromatic nitrogens is 3. The minimum Gasteiger partial charge on any atom is -0.466 e. The number of carbonyl (C=O) groups excluding carboxylic acids is 1. The highest BCUT2D eigenvalue weighted by atomic mass is 79.9. The molecule has 0 atom stereocenters. The van der Waals surface area contributed by atoms with E-state index in [1.807, 2.05) is 30.5 Å². The molecule has 1 N–H and O–H groups in total. The summed E-state index contributed by atoms with van der Waals surface area (Å²) in [6.07, 6.45) is 5.14. The molecule has 222 valence electrons. The van der Waals surface area contributed by atoms with E-state index in [1.165, 1.54) is 12.1 Å². The van der Waals surface area contributed by atoms with Gasteiger partial charge < -0.3 is 4.74 Å². The fourth-order valence-corrected chi connectivity index (χ4v) is 4.74. The number of fused-ring (bicyclic) bond motifs is 3. The molecule has 0 aliphatic carbocycles. The quantitative estimate of drug-likeness (QED) is 0.183. The maximum Gasteiger partial charge on any atom is 0.305 e. The molecule has 2 aromatic carbocycles. The van der Waals surface area contributed by atoms with Crippen LogP contribution in [0.4, 0.5) is 0 Å². The third kappa shape index (κ3) is 9.43. The van der Waals surface area contributed by atoms with Crippen LogP contribution in [0, 0.1) is 12.8 Å². The van der Waals surface area contributed by atoms with Crippen LogP contribution in [0.25, 0.3) is 5.69 Å². The summed E-state index contributed by atoms with van der Waals surface area (Å²) >= 11 is 3.56. The first-order valence-corrected chi connectivity index (χ1v) is 15.7. The lowest BCUT2D eigenvalue weighted by Gasteiger charge is -2.13. The molecule has 9 nitrogen and oxygen atoms in total. The molecule has 0 saturated carbocycles. The van der Waals surface area contributed by atoms with Gasteiger partial charge in [-0.3, -0.25) is 23.9 Å². The molecular weight excluding hydrogens is 620 g/mol. The van der Waals surface area contributed by atoms with Gasteiger partial charge in [0.05, 0.1) is 35.1 Å². The molecule has 0 saturated heterocycles. The topological polar surface area (TPSA) is 124 Å². The second-order valence-corrected chi connectivity index (χ2v) is 12.1. The first-order valence-electron chi connectivity index (χ1n) is 13.5. The minimum absolute atomic E-state index is 0.0741. The molecule has 0 radical (unpaired) electrons. The van der Waals surface area contributed by atoms with Gasteiger partial charge in [0.15, 0.2) is 0 Å². The normalized spacial score (nSPS) is 11.9. The number of hydrogen-bond acceptors (Lipinski definition) is 7. The number of pyridine rings is 1. The lowest BCUT2D eigenvalue weighted by atomic mass is 10.0. The van der Waals surface area contributed by atoms with E-state index in [4.69, 9.17) is 14.3 Å². The Bertz CT molecular complexity index is 1610. The first-order chi connectivity index (χ1) is 20.0. The van der Waals surface area contributed by atoms with E-state index in [0.29, 0.717) is 25.5 Å². The molecule has 0 fully saturated rings. The maximum absolute atomic E-state index is 10.6. The van der Waals surface area contributed by atoms with Gasteiger partial charge in [-0.25, -0.2) is 4.98 Å². The Morgan fingerprint density at radius 2 is 1.79 bits per heavy atom. The van der Waals surface area contributed by atoms with Crippen molar-refractivity contribution in [2.45, 2.75) is 52.0 Å². The second-order valence-electron chi connectivity index (χ2n) is 9.74. The Morgan fingerprint density at radius 3 is 2.38 bits per heavy atom. The zero-order valence-electron chi connectivity index (χ0n) is 24.1. The van der Waals surface area contributed by atoms with Crippen LogP contribution in [-0.4, -0.2) is 45.8 Å². The number of aliphatic imine (C=N–C) groups is 1. The van der Waals surface area contributed by atoms with Crippen molar-refractivity contribution in [3.63, 3.8) is 0 Å².